The molecule has 0 spiro atoms. The van der Waals surface area contributed by atoms with Crippen LogP contribution in [0.1, 0.15) is 21.7 Å². The van der Waals surface area contributed by atoms with Crippen molar-refractivity contribution in [3.8, 4) is 11.8 Å². The molecule has 21 heavy (non-hydrogen) atoms. The number of rotatable bonds is 3. The summed E-state index contributed by atoms with van der Waals surface area (Å²) in [6, 6.07) is 15.6. The summed E-state index contributed by atoms with van der Waals surface area (Å²) in [6.45, 7) is 0. The number of nitrogens with zero attached hydrogens (tertiary/aromatic N) is 1. The summed E-state index contributed by atoms with van der Waals surface area (Å²) in [5.41, 5.74) is 1.60. The molecule has 0 aliphatic carbocycles. The Kier molecular flexibility index (Phi) is 3.17. The van der Waals surface area contributed by atoms with E-state index in [4.69, 9.17) is 14.4 Å². The number of ketones is 1. The third kappa shape index (κ3) is 2.37. The zero-order valence-electron chi connectivity index (χ0n) is 11.3. The minimum absolute atomic E-state index is 0.213. The van der Waals surface area contributed by atoms with Crippen LogP contribution in [0.3, 0.4) is 0 Å². The number of hydrogen-bond acceptors (Lipinski definition) is 4. The first kappa shape index (κ1) is 12.9. The molecule has 0 aliphatic rings. The minimum Gasteiger partial charge on any atom is -0.497 e. The number of carbonyl (C=O) groups is 1. The third-order valence-corrected chi connectivity index (χ3v) is 3.23. The fourth-order valence-corrected chi connectivity index (χ4v) is 2.09. The lowest BCUT2D eigenvalue weighted by molar-refractivity contribution is 0.101. The number of carbonyl (C=O) groups excluding carboxylic acids is 1. The maximum Gasteiger partial charge on any atom is 0.228 e. The van der Waals surface area contributed by atoms with Gasteiger partial charge in [0.25, 0.3) is 0 Å². The van der Waals surface area contributed by atoms with Crippen LogP contribution in [0.4, 0.5) is 0 Å². The maximum atomic E-state index is 12.4. The normalized spacial score (nSPS) is 10.3. The van der Waals surface area contributed by atoms with Gasteiger partial charge in [0.1, 0.15) is 11.3 Å². The first-order valence-corrected chi connectivity index (χ1v) is 6.34. The van der Waals surface area contributed by atoms with Crippen LogP contribution in [0, 0.1) is 11.3 Å². The second-order valence-corrected chi connectivity index (χ2v) is 4.53. The highest BCUT2D eigenvalue weighted by atomic mass is 16.5. The molecule has 0 N–H and O–H groups in total. The van der Waals surface area contributed by atoms with Gasteiger partial charge in [-0.1, -0.05) is 0 Å². The molecule has 1 aromatic heterocycles. The average molecular weight is 277 g/mol. The van der Waals surface area contributed by atoms with E-state index in [1.807, 2.05) is 18.2 Å². The predicted octanol–water partition coefficient (Wildman–Crippen LogP) is 3.54. The molecule has 0 bridgehead atoms. The fraction of sp³-hybridized carbons (Fsp3) is 0.0588. The molecule has 3 aromatic rings. The number of methoxy groups -OCH3 is 1. The number of furan rings is 1. The van der Waals surface area contributed by atoms with E-state index in [-0.39, 0.29) is 11.5 Å². The van der Waals surface area contributed by atoms with Gasteiger partial charge >= 0.3 is 0 Å². The zero-order valence-corrected chi connectivity index (χ0v) is 11.3. The molecule has 4 nitrogen and oxygen atoms in total. The van der Waals surface area contributed by atoms with Crippen LogP contribution < -0.4 is 4.74 Å². The molecule has 0 fully saturated rings. The number of ether oxygens (including phenoxy) is 1. The molecule has 0 aliphatic heterocycles. The summed E-state index contributed by atoms with van der Waals surface area (Å²) in [5.74, 6) is 0.729. The van der Waals surface area contributed by atoms with Gasteiger partial charge in [-0.2, -0.15) is 5.26 Å². The molecule has 0 atom stereocenters. The van der Waals surface area contributed by atoms with Crippen LogP contribution in [-0.4, -0.2) is 12.9 Å². The van der Waals surface area contributed by atoms with Crippen LogP contribution in [0.2, 0.25) is 0 Å². The Morgan fingerprint density at radius 2 is 1.90 bits per heavy atom. The van der Waals surface area contributed by atoms with Crippen LogP contribution >= 0.6 is 0 Å². The molecule has 1 heterocycles. The van der Waals surface area contributed by atoms with Gasteiger partial charge in [0, 0.05) is 17.0 Å². The summed E-state index contributed by atoms with van der Waals surface area (Å²) in [5, 5.41) is 9.60. The maximum absolute atomic E-state index is 12.4. The lowest BCUT2D eigenvalue weighted by Gasteiger charge is -1.97. The van der Waals surface area contributed by atoms with E-state index < -0.39 is 0 Å². The second-order valence-electron chi connectivity index (χ2n) is 4.53. The largest absolute Gasteiger partial charge is 0.497 e. The van der Waals surface area contributed by atoms with Crippen molar-refractivity contribution in [3.63, 3.8) is 0 Å². The highest BCUT2D eigenvalue weighted by Crippen LogP contribution is 2.25. The molecular weight excluding hydrogens is 266 g/mol. The molecule has 2 aromatic carbocycles. The number of hydrogen-bond donors (Lipinski definition) is 0. The summed E-state index contributed by atoms with van der Waals surface area (Å²) in [7, 11) is 1.58. The van der Waals surface area contributed by atoms with E-state index in [0.717, 1.165) is 5.39 Å². The Bertz CT molecular complexity index is 854. The van der Waals surface area contributed by atoms with Crippen LogP contribution in [0.25, 0.3) is 11.0 Å². The first-order valence-electron chi connectivity index (χ1n) is 6.34. The van der Waals surface area contributed by atoms with Crippen molar-refractivity contribution in [1.29, 1.82) is 5.26 Å². The smallest absolute Gasteiger partial charge is 0.228 e. The molecule has 0 amide bonds. The van der Waals surface area contributed by atoms with E-state index in [1.165, 1.54) is 0 Å². The number of benzene rings is 2. The van der Waals surface area contributed by atoms with Crippen molar-refractivity contribution in [3.05, 3.63) is 65.4 Å². The van der Waals surface area contributed by atoms with E-state index in [9.17, 15) is 4.79 Å². The van der Waals surface area contributed by atoms with Crippen molar-refractivity contribution in [1.82, 2.24) is 0 Å². The summed E-state index contributed by atoms with van der Waals surface area (Å²) < 4.78 is 10.7. The van der Waals surface area contributed by atoms with E-state index in [2.05, 4.69) is 0 Å². The fourth-order valence-electron chi connectivity index (χ4n) is 2.09. The van der Waals surface area contributed by atoms with Crippen molar-refractivity contribution in [2.75, 3.05) is 7.11 Å². The highest BCUT2D eigenvalue weighted by molar-refractivity contribution is 6.09. The monoisotopic (exact) mass is 277 g/mol. The molecule has 3 rings (SSSR count). The molecule has 0 saturated carbocycles. The van der Waals surface area contributed by atoms with E-state index in [1.54, 1.807) is 43.5 Å². The third-order valence-electron chi connectivity index (χ3n) is 3.23. The molecule has 0 unspecified atom stereocenters. The lowest BCUT2D eigenvalue weighted by atomic mass is 10.1. The zero-order chi connectivity index (χ0) is 14.8. The van der Waals surface area contributed by atoms with Gasteiger partial charge in [-0.25, -0.2) is 0 Å². The second kappa shape index (κ2) is 5.14. The Morgan fingerprint density at radius 3 is 2.57 bits per heavy atom. The summed E-state index contributed by atoms with van der Waals surface area (Å²) in [6.07, 6.45) is 0. The van der Waals surface area contributed by atoms with Crippen molar-refractivity contribution in [2.24, 2.45) is 0 Å². The van der Waals surface area contributed by atoms with Gasteiger partial charge < -0.3 is 9.15 Å². The van der Waals surface area contributed by atoms with Gasteiger partial charge in [-0.05, 0) is 42.5 Å². The topological polar surface area (TPSA) is 63.2 Å². The Balaban J connectivity index is 1.98. The van der Waals surface area contributed by atoms with Gasteiger partial charge in [0.2, 0.25) is 5.78 Å². The van der Waals surface area contributed by atoms with Crippen LogP contribution in [-0.2, 0) is 0 Å². The summed E-state index contributed by atoms with van der Waals surface area (Å²) >= 11 is 0. The number of fused-ring (bicyclic) bond motifs is 1. The molecular formula is C17H11NO3. The molecule has 102 valence electrons. The standard InChI is InChI=1S/C17H11NO3/c1-20-14-7-6-13-8-16(21-15(13)9-14)17(19)12-4-2-11(10-18)3-5-12/h2-9H,1H3. The SMILES string of the molecule is COc1ccc2cc(C(=O)c3ccc(C#N)cc3)oc2c1. The van der Waals surface area contributed by atoms with Gasteiger partial charge in [-0.15, -0.1) is 0 Å². The van der Waals surface area contributed by atoms with Crippen LogP contribution in [0.5, 0.6) is 5.75 Å². The lowest BCUT2D eigenvalue weighted by Crippen LogP contribution is -1.99. The van der Waals surface area contributed by atoms with E-state index in [0.29, 0.717) is 22.5 Å². The Labute approximate surface area is 121 Å². The Morgan fingerprint density at radius 1 is 1.14 bits per heavy atom. The van der Waals surface area contributed by atoms with Gasteiger partial charge in [0.05, 0.1) is 18.7 Å². The number of nitriles is 1. The summed E-state index contributed by atoms with van der Waals surface area (Å²) in [4.78, 5) is 12.4. The minimum atomic E-state index is -0.213. The van der Waals surface area contributed by atoms with Crippen molar-refractivity contribution < 1.29 is 13.9 Å². The van der Waals surface area contributed by atoms with E-state index >= 15 is 0 Å². The Hall–Kier alpha value is -3.06. The first-order chi connectivity index (χ1) is 10.2. The molecule has 0 radical (unpaired) electrons. The highest BCUT2D eigenvalue weighted by Gasteiger charge is 2.15. The van der Waals surface area contributed by atoms with Gasteiger partial charge in [-0.3, -0.25) is 4.79 Å². The van der Waals surface area contributed by atoms with Crippen LogP contribution in [0.15, 0.2) is 52.9 Å². The predicted molar refractivity (Wildman–Crippen MR) is 77.4 cm³/mol. The van der Waals surface area contributed by atoms with Crippen molar-refractivity contribution >= 4 is 16.8 Å². The quantitative estimate of drug-likeness (QED) is 0.687. The van der Waals surface area contributed by atoms with Gasteiger partial charge in [0.15, 0.2) is 5.76 Å². The molecule has 0 saturated heterocycles. The average Bonchev–Trinajstić information content (AvgIpc) is 2.97. The molecule has 4 heteroatoms. The van der Waals surface area contributed by atoms with Crippen molar-refractivity contribution in [2.45, 2.75) is 0 Å².